The Bertz CT molecular complexity index is 580. The zero-order valence-corrected chi connectivity index (χ0v) is 10.3. The minimum absolute atomic E-state index is 0.0176. The van der Waals surface area contributed by atoms with E-state index in [0.29, 0.717) is 11.6 Å². The summed E-state index contributed by atoms with van der Waals surface area (Å²) in [4.78, 5) is 10.7. The second kappa shape index (κ2) is 4.30. The Balaban J connectivity index is 2.14. The Morgan fingerprint density at radius 2 is 2.29 bits per heavy atom. The van der Waals surface area contributed by atoms with E-state index in [-0.39, 0.29) is 11.6 Å². The highest BCUT2D eigenvalue weighted by atomic mass is 32.2. The van der Waals surface area contributed by atoms with E-state index in [2.05, 4.69) is 19.7 Å². The third-order valence-electron chi connectivity index (χ3n) is 2.35. The number of nitrogens with one attached hydrogen (secondary N) is 2. The summed E-state index contributed by atoms with van der Waals surface area (Å²) in [5, 5.41) is 0.0176. The summed E-state index contributed by atoms with van der Waals surface area (Å²) in [5.74, 6) is 1.20. The molecule has 2 aromatic heterocycles. The van der Waals surface area contributed by atoms with E-state index in [9.17, 15) is 8.42 Å². The largest absolute Gasteiger partial charge is 0.347 e. The monoisotopic (exact) mass is 255 g/mol. The molecule has 17 heavy (non-hydrogen) atoms. The molecule has 0 radical (unpaired) electrons. The van der Waals surface area contributed by atoms with Gasteiger partial charge in [-0.2, -0.15) is 0 Å². The molecule has 0 saturated carbocycles. The molecule has 0 spiro atoms. The molecule has 0 aliphatic carbocycles. The van der Waals surface area contributed by atoms with Gasteiger partial charge in [0, 0.05) is 25.6 Å². The summed E-state index contributed by atoms with van der Waals surface area (Å²) in [6.45, 7) is 1.86. The molecule has 0 aliphatic rings. The molecule has 2 rings (SSSR count). The summed E-state index contributed by atoms with van der Waals surface area (Å²) < 4.78 is 27.8. The zero-order chi connectivity index (χ0) is 12.5. The average molecular weight is 255 g/mol. The number of H-pyrrole nitrogens is 1. The van der Waals surface area contributed by atoms with Crippen LogP contribution in [0.2, 0.25) is 0 Å². The first kappa shape index (κ1) is 11.8. The van der Waals surface area contributed by atoms with Crippen LogP contribution in [0.1, 0.15) is 11.6 Å². The maximum Gasteiger partial charge on any atom is 0.259 e. The molecule has 2 N–H and O–H groups in total. The maximum atomic E-state index is 11.9. The van der Waals surface area contributed by atoms with Crippen molar-refractivity contribution in [2.75, 3.05) is 0 Å². The molecular weight excluding hydrogens is 242 g/mol. The first-order chi connectivity index (χ1) is 7.99. The molecule has 0 saturated heterocycles. The van der Waals surface area contributed by atoms with Gasteiger partial charge in [0.05, 0.1) is 6.54 Å². The second-order valence-electron chi connectivity index (χ2n) is 3.60. The molecule has 0 unspecified atom stereocenters. The maximum absolute atomic E-state index is 11.9. The standard InChI is InChI=1S/C9H13N5O2S/c1-7-13-9(6-14(7)2)17(15,16)12-5-8-10-3-4-11-8/h3-4,6,12H,5H2,1-2H3,(H,10,11). The van der Waals surface area contributed by atoms with Gasteiger partial charge in [-0.05, 0) is 6.92 Å². The fourth-order valence-electron chi connectivity index (χ4n) is 1.29. The van der Waals surface area contributed by atoms with Crippen molar-refractivity contribution in [1.82, 2.24) is 24.2 Å². The van der Waals surface area contributed by atoms with Crippen LogP contribution >= 0.6 is 0 Å². The van der Waals surface area contributed by atoms with Crippen LogP contribution in [0.5, 0.6) is 0 Å². The lowest BCUT2D eigenvalue weighted by atomic mass is 10.6. The van der Waals surface area contributed by atoms with Crippen molar-refractivity contribution in [3.05, 3.63) is 30.2 Å². The quantitative estimate of drug-likeness (QED) is 0.799. The Morgan fingerprint density at radius 1 is 1.53 bits per heavy atom. The van der Waals surface area contributed by atoms with Crippen LogP contribution in [-0.2, 0) is 23.6 Å². The van der Waals surface area contributed by atoms with Gasteiger partial charge in [0.2, 0.25) is 0 Å². The van der Waals surface area contributed by atoms with Crippen LogP contribution in [0.25, 0.3) is 0 Å². The molecule has 92 valence electrons. The van der Waals surface area contributed by atoms with Crippen molar-refractivity contribution < 1.29 is 8.42 Å². The predicted octanol–water partition coefficient (Wildman–Crippen LogP) is -0.0699. The smallest absolute Gasteiger partial charge is 0.259 e. The third-order valence-corrected chi connectivity index (χ3v) is 3.62. The number of imidazole rings is 2. The first-order valence-electron chi connectivity index (χ1n) is 4.97. The Kier molecular flexibility index (Phi) is 2.99. The van der Waals surface area contributed by atoms with Crippen molar-refractivity contribution in [3.8, 4) is 0 Å². The van der Waals surface area contributed by atoms with Crippen LogP contribution in [0.3, 0.4) is 0 Å². The number of nitrogens with zero attached hydrogens (tertiary/aromatic N) is 3. The molecule has 2 aromatic rings. The summed E-state index contributed by atoms with van der Waals surface area (Å²) >= 11 is 0. The van der Waals surface area contributed by atoms with Gasteiger partial charge in [-0.25, -0.2) is 23.1 Å². The van der Waals surface area contributed by atoms with Gasteiger partial charge in [0.25, 0.3) is 10.0 Å². The fraction of sp³-hybridized carbons (Fsp3) is 0.333. The molecular formula is C9H13N5O2S. The summed E-state index contributed by atoms with van der Waals surface area (Å²) in [6.07, 6.45) is 4.67. The number of hydrogen-bond acceptors (Lipinski definition) is 4. The van der Waals surface area contributed by atoms with Gasteiger partial charge in [-0.3, -0.25) is 0 Å². The topological polar surface area (TPSA) is 92.7 Å². The number of aryl methyl sites for hydroxylation is 2. The number of hydrogen-bond donors (Lipinski definition) is 2. The highest BCUT2D eigenvalue weighted by molar-refractivity contribution is 7.89. The van der Waals surface area contributed by atoms with Gasteiger partial charge in [0.1, 0.15) is 11.6 Å². The van der Waals surface area contributed by atoms with Gasteiger partial charge in [-0.15, -0.1) is 0 Å². The van der Waals surface area contributed by atoms with Crippen molar-refractivity contribution in [3.63, 3.8) is 0 Å². The van der Waals surface area contributed by atoms with Crippen LogP contribution in [0, 0.1) is 6.92 Å². The van der Waals surface area contributed by atoms with Crippen LogP contribution in [0.15, 0.2) is 23.6 Å². The van der Waals surface area contributed by atoms with Gasteiger partial charge in [0.15, 0.2) is 5.03 Å². The molecule has 8 heteroatoms. The molecule has 0 fully saturated rings. The Hall–Kier alpha value is -1.67. The van der Waals surface area contributed by atoms with Crippen molar-refractivity contribution >= 4 is 10.0 Å². The molecule has 7 nitrogen and oxygen atoms in total. The van der Waals surface area contributed by atoms with Crippen molar-refractivity contribution in [2.24, 2.45) is 7.05 Å². The fourth-order valence-corrected chi connectivity index (χ4v) is 2.31. The normalized spacial score (nSPS) is 11.9. The van der Waals surface area contributed by atoms with Crippen LogP contribution in [-0.4, -0.2) is 27.9 Å². The number of rotatable bonds is 4. The van der Waals surface area contributed by atoms with Crippen molar-refractivity contribution in [2.45, 2.75) is 18.5 Å². The third kappa shape index (κ3) is 2.53. The Labute approximate surface area is 99.0 Å². The van der Waals surface area contributed by atoms with Crippen LogP contribution < -0.4 is 4.72 Å². The molecule has 2 heterocycles. The summed E-state index contributed by atoms with van der Waals surface area (Å²) in [7, 11) is -1.84. The minimum atomic E-state index is -3.58. The van der Waals surface area contributed by atoms with E-state index >= 15 is 0 Å². The lowest BCUT2D eigenvalue weighted by molar-refractivity contribution is 0.576. The van der Waals surface area contributed by atoms with E-state index in [0.717, 1.165) is 0 Å². The number of sulfonamides is 1. The first-order valence-corrected chi connectivity index (χ1v) is 6.45. The zero-order valence-electron chi connectivity index (χ0n) is 9.51. The molecule has 0 atom stereocenters. The molecule has 0 bridgehead atoms. The van der Waals surface area contributed by atoms with Crippen molar-refractivity contribution in [1.29, 1.82) is 0 Å². The van der Waals surface area contributed by atoms with Gasteiger partial charge < -0.3 is 9.55 Å². The lowest BCUT2D eigenvalue weighted by Gasteiger charge is -2.01. The average Bonchev–Trinajstić information content (AvgIpc) is 2.87. The second-order valence-corrected chi connectivity index (χ2v) is 5.31. The summed E-state index contributed by atoms with van der Waals surface area (Å²) in [6, 6.07) is 0. The van der Waals surface area contributed by atoms with E-state index in [1.54, 1.807) is 30.9 Å². The van der Waals surface area contributed by atoms with E-state index in [1.165, 1.54) is 6.20 Å². The van der Waals surface area contributed by atoms with E-state index in [1.807, 2.05) is 0 Å². The van der Waals surface area contributed by atoms with E-state index < -0.39 is 10.0 Å². The molecule has 0 amide bonds. The number of aromatic amines is 1. The lowest BCUT2D eigenvalue weighted by Crippen LogP contribution is -2.24. The molecule has 0 aliphatic heterocycles. The Morgan fingerprint density at radius 3 is 2.82 bits per heavy atom. The van der Waals surface area contributed by atoms with E-state index in [4.69, 9.17) is 0 Å². The molecule has 0 aromatic carbocycles. The minimum Gasteiger partial charge on any atom is -0.347 e. The summed E-state index contributed by atoms with van der Waals surface area (Å²) in [5.41, 5.74) is 0. The SMILES string of the molecule is Cc1nc(S(=O)(=O)NCc2ncc[nH]2)cn1C. The van der Waals surface area contributed by atoms with Gasteiger partial charge in [-0.1, -0.05) is 0 Å². The predicted molar refractivity (Wildman–Crippen MR) is 60.6 cm³/mol. The highest BCUT2D eigenvalue weighted by Crippen LogP contribution is 2.07. The highest BCUT2D eigenvalue weighted by Gasteiger charge is 2.18. The van der Waals surface area contributed by atoms with Crippen LogP contribution in [0.4, 0.5) is 0 Å². The van der Waals surface area contributed by atoms with Gasteiger partial charge >= 0.3 is 0 Å². The number of aromatic nitrogens is 4.